The van der Waals surface area contributed by atoms with Crippen LogP contribution in [0.15, 0.2) is 0 Å². The highest BCUT2D eigenvalue weighted by molar-refractivity contribution is 5.87. The Kier molecular flexibility index (Phi) is 2.06. The molecular formula is C7H12O3. The second-order valence-corrected chi connectivity index (χ2v) is 2.82. The monoisotopic (exact) mass is 144 g/mol. The summed E-state index contributed by atoms with van der Waals surface area (Å²) in [6.45, 7) is -0.425. The number of carbonyl (C=O) groups is 1. The van der Waals surface area contributed by atoms with E-state index in [1.165, 1.54) is 0 Å². The Morgan fingerprint density at radius 2 is 2.20 bits per heavy atom. The SMILES string of the molecule is O=C1CCCCC1(O)CO. The summed E-state index contributed by atoms with van der Waals surface area (Å²) >= 11 is 0. The highest BCUT2D eigenvalue weighted by Gasteiger charge is 2.36. The van der Waals surface area contributed by atoms with E-state index in [1.54, 1.807) is 0 Å². The molecule has 0 aromatic rings. The van der Waals surface area contributed by atoms with Crippen molar-refractivity contribution in [3.05, 3.63) is 0 Å². The Morgan fingerprint density at radius 1 is 1.50 bits per heavy atom. The molecule has 0 aromatic heterocycles. The maximum absolute atomic E-state index is 10.9. The number of rotatable bonds is 1. The third-order valence-electron chi connectivity index (χ3n) is 2.02. The number of hydrogen-bond donors (Lipinski definition) is 2. The summed E-state index contributed by atoms with van der Waals surface area (Å²) in [6.07, 6.45) is 2.52. The van der Waals surface area contributed by atoms with Crippen LogP contribution in [0, 0.1) is 0 Å². The van der Waals surface area contributed by atoms with Crippen molar-refractivity contribution in [3.63, 3.8) is 0 Å². The van der Waals surface area contributed by atoms with Crippen molar-refractivity contribution >= 4 is 5.78 Å². The minimum atomic E-state index is -1.40. The molecule has 58 valence electrons. The molecule has 1 fully saturated rings. The molecule has 3 heteroatoms. The number of ketones is 1. The molecule has 10 heavy (non-hydrogen) atoms. The van der Waals surface area contributed by atoms with Crippen LogP contribution in [0.2, 0.25) is 0 Å². The molecule has 0 bridgehead atoms. The molecule has 3 nitrogen and oxygen atoms in total. The van der Waals surface area contributed by atoms with E-state index in [1.807, 2.05) is 0 Å². The van der Waals surface area contributed by atoms with E-state index in [4.69, 9.17) is 5.11 Å². The predicted octanol–water partition coefficient (Wildman–Crippen LogP) is -0.147. The topological polar surface area (TPSA) is 57.5 Å². The zero-order valence-corrected chi connectivity index (χ0v) is 5.84. The van der Waals surface area contributed by atoms with Crippen molar-refractivity contribution in [2.24, 2.45) is 0 Å². The molecule has 0 heterocycles. The average molecular weight is 144 g/mol. The van der Waals surface area contributed by atoms with Crippen LogP contribution >= 0.6 is 0 Å². The Balaban J connectivity index is 2.63. The van der Waals surface area contributed by atoms with Crippen molar-refractivity contribution in [1.82, 2.24) is 0 Å². The van der Waals surface area contributed by atoms with Gasteiger partial charge in [-0.05, 0) is 19.3 Å². The van der Waals surface area contributed by atoms with E-state index in [0.29, 0.717) is 12.8 Å². The van der Waals surface area contributed by atoms with Gasteiger partial charge in [-0.3, -0.25) is 4.79 Å². The second-order valence-electron chi connectivity index (χ2n) is 2.82. The molecule has 0 spiro atoms. The molecule has 1 unspecified atom stereocenters. The Morgan fingerprint density at radius 3 is 2.60 bits per heavy atom. The van der Waals surface area contributed by atoms with Crippen molar-refractivity contribution in [2.45, 2.75) is 31.3 Å². The van der Waals surface area contributed by atoms with Gasteiger partial charge < -0.3 is 10.2 Å². The van der Waals surface area contributed by atoms with Gasteiger partial charge in [0, 0.05) is 6.42 Å². The van der Waals surface area contributed by atoms with Crippen molar-refractivity contribution < 1.29 is 15.0 Å². The van der Waals surface area contributed by atoms with E-state index < -0.39 is 12.2 Å². The summed E-state index contributed by atoms with van der Waals surface area (Å²) in [4.78, 5) is 10.9. The van der Waals surface area contributed by atoms with Crippen LogP contribution in [0.1, 0.15) is 25.7 Å². The van der Waals surface area contributed by atoms with Crippen LogP contribution in [-0.4, -0.2) is 28.2 Å². The summed E-state index contributed by atoms with van der Waals surface area (Å²) in [5.41, 5.74) is -1.40. The highest BCUT2D eigenvalue weighted by Crippen LogP contribution is 2.23. The first-order valence-electron chi connectivity index (χ1n) is 3.55. The molecule has 1 aliphatic rings. The lowest BCUT2D eigenvalue weighted by molar-refractivity contribution is -0.145. The minimum Gasteiger partial charge on any atom is -0.393 e. The maximum Gasteiger partial charge on any atom is 0.166 e. The van der Waals surface area contributed by atoms with Crippen molar-refractivity contribution in [1.29, 1.82) is 0 Å². The smallest absolute Gasteiger partial charge is 0.166 e. The molecular weight excluding hydrogens is 132 g/mol. The van der Waals surface area contributed by atoms with Gasteiger partial charge in [-0.15, -0.1) is 0 Å². The van der Waals surface area contributed by atoms with Crippen molar-refractivity contribution in [3.8, 4) is 0 Å². The summed E-state index contributed by atoms with van der Waals surface area (Å²) in [5, 5.41) is 18.0. The number of hydrogen-bond acceptors (Lipinski definition) is 3. The molecule has 0 aliphatic heterocycles. The van der Waals surface area contributed by atoms with E-state index in [2.05, 4.69) is 0 Å². The second kappa shape index (κ2) is 2.68. The van der Waals surface area contributed by atoms with Crippen LogP contribution in [0.25, 0.3) is 0 Å². The first kappa shape index (κ1) is 7.69. The van der Waals surface area contributed by atoms with Gasteiger partial charge >= 0.3 is 0 Å². The van der Waals surface area contributed by atoms with E-state index in [0.717, 1.165) is 12.8 Å². The fraction of sp³-hybridized carbons (Fsp3) is 0.857. The summed E-state index contributed by atoms with van der Waals surface area (Å²) < 4.78 is 0. The van der Waals surface area contributed by atoms with E-state index in [9.17, 15) is 9.90 Å². The predicted molar refractivity (Wildman–Crippen MR) is 35.5 cm³/mol. The maximum atomic E-state index is 10.9. The summed E-state index contributed by atoms with van der Waals surface area (Å²) in [6, 6.07) is 0. The highest BCUT2D eigenvalue weighted by atomic mass is 16.3. The molecule has 0 aromatic carbocycles. The normalized spacial score (nSPS) is 34.4. The zero-order valence-electron chi connectivity index (χ0n) is 5.84. The van der Waals surface area contributed by atoms with E-state index in [-0.39, 0.29) is 5.78 Å². The van der Waals surface area contributed by atoms with Gasteiger partial charge in [0.05, 0.1) is 6.61 Å². The minimum absolute atomic E-state index is 0.207. The Bertz CT molecular complexity index is 144. The zero-order chi connectivity index (χ0) is 7.61. The number of aliphatic hydroxyl groups excluding tert-OH is 1. The quantitative estimate of drug-likeness (QED) is 0.538. The Labute approximate surface area is 59.7 Å². The fourth-order valence-corrected chi connectivity index (χ4v) is 1.24. The van der Waals surface area contributed by atoms with Crippen LogP contribution < -0.4 is 0 Å². The molecule has 0 amide bonds. The molecule has 1 rings (SSSR count). The van der Waals surface area contributed by atoms with Gasteiger partial charge in [0.2, 0.25) is 0 Å². The fourth-order valence-electron chi connectivity index (χ4n) is 1.24. The summed E-state index contributed by atoms with van der Waals surface area (Å²) in [7, 11) is 0. The molecule has 1 saturated carbocycles. The lowest BCUT2D eigenvalue weighted by atomic mass is 9.84. The largest absolute Gasteiger partial charge is 0.393 e. The first-order valence-corrected chi connectivity index (χ1v) is 3.55. The number of carbonyl (C=O) groups excluding carboxylic acids is 1. The van der Waals surface area contributed by atoms with Gasteiger partial charge in [0.15, 0.2) is 5.78 Å². The van der Waals surface area contributed by atoms with Crippen LogP contribution in [0.4, 0.5) is 0 Å². The lowest BCUT2D eigenvalue weighted by Crippen LogP contribution is -2.44. The van der Waals surface area contributed by atoms with Gasteiger partial charge in [-0.2, -0.15) is 0 Å². The van der Waals surface area contributed by atoms with Crippen LogP contribution in [-0.2, 0) is 4.79 Å². The first-order chi connectivity index (χ1) is 4.69. The average Bonchev–Trinajstić information content (AvgIpc) is 1.96. The van der Waals surface area contributed by atoms with Gasteiger partial charge in [-0.1, -0.05) is 0 Å². The van der Waals surface area contributed by atoms with Gasteiger partial charge in [-0.25, -0.2) is 0 Å². The molecule has 2 N–H and O–H groups in total. The van der Waals surface area contributed by atoms with Crippen LogP contribution in [0.3, 0.4) is 0 Å². The number of aliphatic hydroxyl groups is 2. The third-order valence-corrected chi connectivity index (χ3v) is 2.02. The standard InChI is InChI=1S/C7H12O3/c8-5-7(10)4-2-1-3-6(7)9/h8,10H,1-5H2. The van der Waals surface area contributed by atoms with Gasteiger partial charge in [0.1, 0.15) is 5.60 Å². The number of Topliss-reactive ketones (excluding diaryl/α,β-unsaturated/α-hetero) is 1. The molecule has 0 radical (unpaired) electrons. The van der Waals surface area contributed by atoms with E-state index >= 15 is 0 Å². The summed E-state index contributed by atoms with van der Waals surface area (Å²) in [5.74, 6) is -0.207. The van der Waals surface area contributed by atoms with Crippen LogP contribution in [0.5, 0.6) is 0 Å². The molecule has 1 aliphatic carbocycles. The molecule has 0 saturated heterocycles. The van der Waals surface area contributed by atoms with Gasteiger partial charge in [0.25, 0.3) is 0 Å². The molecule has 1 atom stereocenters. The third kappa shape index (κ3) is 1.20. The lowest BCUT2D eigenvalue weighted by Gasteiger charge is -2.27. The Hall–Kier alpha value is -0.410. The van der Waals surface area contributed by atoms with Crippen molar-refractivity contribution in [2.75, 3.05) is 6.61 Å².